The molecule has 0 aliphatic carbocycles. The van der Waals surface area contributed by atoms with Gasteiger partial charge in [0.05, 0.1) is 18.1 Å². The number of hydrogen-bond acceptors (Lipinski definition) is 1. The molecule has 0 unspecified atom stereocenters. The Morgan fingerprint density at radius 2 is 2.40 bits per heavy atom. The summed E-state index contributed by atoms with van der Waals surface area (Å²) in [5.74, 6) is 0. The minimum absolute atomic E-state index is 0.237. The number of ether oxygens (including phenoxy) is 1. The molecule has 0 aromatic heterocycles. The van der Waals surface area contributed by atoms with Crippen molar-refractivity contribution in [3.8, 4) is 0 Å². The molecule has 0 aromatic rings. The van der Waals surface area contributed by atoms with Crippen LogP contribution in [0, 0.1) is 0 Å². The van der Waals surface area contributed by atoms with Crippen LogP contribution in [0.4, 0.5) is 0 Å². The summed E-state index contributed by atoms with van der Waals surface area (Å²) in [5.41, 5.74) is 0. The minimum atomic E-state index is 0.237. The zero-order valence-corrected chi connectivity index (χ0v) is 6.81. The molecule has 2 heteroatoms. The molecular formula is C8H13ClO. The lowest BCUT2D eigenvalue weighted by molar-refractivity contribution is 0.0209. The molecule has 1 fully saturated rings. The zero-order valence-electron chi connectivity index (χ0n) is 6.05. The van der Waals surface area contributed by atoms with Crippen molar-refractivity contribution in [2.24, 2.45) is 0 Å². The topological polar surface area (TPSA) is 9.23 Å². The van der Waals surface area contributed by atoms with E-state index in [1.165, 1.54) is 0 Å². The monoisotopic (exact) mass is 160 g/mol. The summed E-state index contributed by atoms with van der Waals surface area (Å²) in [6.45, 7) is 4.37. The molecule has 0 saturated carbocycles. The second kappa shape index (κ2) is 3.99. The van der Waals surface area contributed by atoms with E-state index in [-0.39, 0.29) is 5.38 Å². The van der Waals surface area contributed by atoms with Crippen molar-refractivity contribution in [3.63, 3.8) is 0 Å². The van der Waals surface area contributed by atoms with E-state index < -0.39 is 0 Å². The quantitative estimate of drug-likeness (QED) is 0.445. The molecule has 1 rings (SSSR count). The predicted octanol–water partition coefficient (Wildman–Crippen LogP) is 2.35. The van der Waals surface area contributed by atoms with Crippen LogP contribution in [-0.4, -0.2) is 18.1 Å². The highest BCUT2D eigenvalue weighted by molar-refractivity contribution is 6.20. The normalized spacial score (nSPS) is 33.7. The van der Waals surface area contributed by atoms with E-state index in [9.17, 15) is 0 Å². The molecule has 0 N–H and O–H groups in total. The van der Waals surface area contributed by atoms with Gasteiger partial charge in [0.25, 0.3) is 0 Å². The highest BCUT2D eigenvalue weighted by Crippen LogP contribution is 2.19. The van der Waals surface area contributed by atoms with Crippen LogP contribution in [0.3, 0.4) is 0 Å². The molecule has 2 atom stereocenters. The van der Waals surface area contributed by atoms with Gasteiger partial charge in [-0.05, 0) is 19.3 Å². The third-order valence-corrected chi connectivity index (χ3v) is 2.09. The molecule has 10 heavy (non-hydrogen) atoms. The predicted molar refractivity (Wildman–Crippen MR) is 43.4 cm³/mol. The molecule has 1 saturated heterocycles. The van der Waals surface area contributed by atoms with Crippen molar-refractivity contribution in [2.75, 3.05) is 6.61 Å². The van der Waals surface area contributed by atoms with Gasteiger partial charge in [-0.2, -0.15) is 0 Å². The first-order valence-corrected chi connectivity index (χ1v) is 4.13. The van der Waals surface area contributed by atoms with Crippen LogP contribution in [0.1, 0.15) is 19.3 Å². The third kappa shape index (κ3) is 2.31. The maximum atomic E-state index is 5.83. The van der Waals surface area contributed by atoms with Crippen LogP contribution in [0.5, 0.6) is 0 Å². The lowest BCUT2D eigenvalue weighted by atomic mass is 10.1. The van der Waals surface area contributed by atoms with E-state index in [2.05, 4.69) is 6.58 Å². The van der Waals surface area contributed by atoms with Crippen molar-refractivity contribution in [1.29, 1.82) is 0 Å². The summed E-state index contributed by atoms with van der Waals surface area (Å²) in [5, 5.41) is 0.237. The highest BCUT2D eigenvalue weighted by atomic mass is 35.5. The Kier molecular flexibility index (Phi) is 3.23. The molecule has 1 heterocycles. The molecule has 58 valence electrons. The molecule has 1 aliphatic heterocycles. The van der Waals surface area contributed by atoms with Crippen molar-refractivity contribution in [3.05, 3.63) is 12.7 Å². The average molecular weight is 161 g/mol. The van der Waals surface area contributed by atoms with E-state index in [0.717, 1.165) is 19.3 Å². The van der Waals surface area contributed by atoms with Crippen molar-refractivity contribution in [1.82, 2.24) is 0 Å². The van der Waals surface area contributed by atoms with Crippen LogP contribution in [-0.2, 0) is 4.74 Å². The molecule has 1 nitrogen and oxygen atoms in total. The van der Waals surface area contributed by atoms with Gasteiger partial charge in [-0.3, -0.25) is 0 Å². The Morgan fingerprint density at radius 3 is 2.90 bits per heavy atom. The average Bonchev–Trinajstić information content (AvgIpc) is 1.95. The maximum Gasteiger partial charge on any atom is 0.0634 e. The van der Waals surface area contributed by atoms with E-state index in [1.54, 1.807) is 0 Å². The number of hydrogen-bond donors (Lipinski definition) is 0. The van der Waals surface area contributed by atoms with Crippen molar-refractivity contribution in [2.45, 2.75) is 30.7 Å². The fraction of sp³-hybridized carbons (Fsp3) is 0.750. The summed E-state index contributed by atoms with van der Waals surface area (Å²) in [6, 6.07) is 0. The van der Waals surface area contributed by atoms with Gasteiger partial charge >= 0.3 is 0 Å². The zero-order chi connectivity index (χ0) is 7.40. The van der Waals surface area contributed by atoms with Crippen LogP contribution < -0.4 is 0 Å². The first-order chi connectivity index (χ1) is 4.83. The maximum absolute atomic E-state index is 5.83. The SMILES string of the molecule is C=CC[C@H]1CC[C@H](Cl)CO1. The fourth-order valence-electron chi connectivity index (χ4n) is 1.15. The van der Waals surface area contributed by atoms with E-state index in [0.29, 0.717) is 12.7 Å². The summed E-state index contributed by atoms with van der Waals surface area (Å²) in [7, 11) is 0. The molecule has 0 amide bonds. The lowest BCUT2D eigenvalue weighted by Crippen LogP contribution is -2.25. The van der Waals surface area contributed by atoms with Gasteiger partial charge in [0.1, 0.15) is 0 Å². The van der Waals surface area contributed by atoms with Gasteiger partial charge in [0.15, 0.2) is 0 Å². The molecule has 0 aromatic carbocycles. The van der Waals surface area contributed by atoms with Gasteiger partial charge < -0.3 is 4.74 Å². The molecule has 0 spiro atoms. The largest absolute Gasteiger partial charge is 0.376 e. The summed E-state index contributed by atoms with van der Waals surface area (Å²) in [4.78, 5) is 0. The van der Waals surface area contributed by atoms with Crippen LogP contribution in [0.2, 0.25) is 0 Å². The van der Waals surface area contributed by atoms with Gasteiger partial charge in [0.2, 0.25) is 0 Å². The van der Waals surface area contributed by atoms with Gasteiger partial charge in [-0.1, -0.05) is 6.08 Å². The first-order valence-electron chi connectivity index (χ1n) is 3.69. The number of rotatable bonds is 2. The second-order valence-corrected chi connectivity index (χ2v) is 3.27. The first kappa shape index (κ1) is 8.09. The second-order valence-electron chi connectivity index (χ2n) is 2.65. The summed E-state index contributed by atoms with van der Waals surface area (Å²) < 4.78 is 5.43. The number of halogens is 1. The highest BCUT2D eigenvalue weighted by Gasteiger charge is 2.18. The lowest BCUT2D eigenvalue weighted by Gasteiger charge is -2.24. The van der Waals surface area contributed by atoms with Gasteiger partial charge in [0, 0.05) is 0 Å². The minimum Gasteiger partial charge on any atom is -0.376 e. The Bertz CT molecular complexity index is 106. The summed E-state index contributed by atoms with van der Waals surface area (Å²) in [6.07, 6.45) is 5.41. The fourth-order valence-corrected chi connectivity index (χ4v) is 1.34. The van der Waals surface area contributed by atoms with Gasteiger partial charge in [-0.25, -0.2) is 0 Å². The van der Waals surface area contributed by atoms with E-state index in [4.69, 9.17) is 16.3 Å². The summed E-state index contributed by atoms with van der Waals surface area (Å²) >= 11 is 5.83. The Hall–Kier alpha value is -0.0100. The van der Waals surface area contributed by atoms with Crippen LogP contribution in [0.15, 0.2) is 12.7 Å². The Balaban J connectivity index is 2.19. The van der Waals surface area contributed by atoms with Gasteiger partial charge in [-0.15, -0.1) is 18.2 Å². The third-order valence-electron chi connectivity index (χ3n) is 1.74. The smallest absolute Gasteiger partial charge is 0.0634 e. The molecule has 0 radical (unpaired) electrons. The molecular weight excluding hydrogens is 148 g/mol. The van der Waals surface area contributed by atoms with E-state index >= 15 is 0 Å². The molecule has 0 bridgehead atoms. The Morgan fingerprint density at radius 1 is 1.60 bits per heavy atom. The van der Waals surface area contributed by atoms with Crippen LogP contribution >= 0.6 is 11.6 Å². The Labute approximate surface area is 67.0 Å². The molecule has 1 aliphatic rings. The van der Waals surface area contributed by atoms with Crippen LogP contribution in [0.25, 0.3) is 0 Å². The van der Waals surface area contributed by atoms with Crippen molar-refractivity contribution < 1.29 is 4.74 Å². The van der Waals surface area contributed by atoms with Crippen molar-refractivity contribution >= 4 is 11.6 Å². The standard InChI is InChI=1S/C8H13ClO/c1-2-3-8-5-4-7(9)6-10-8/h2,7-8H,1,3-6H2/t7-,8-/m0/s1. The number of alkyl halides is 1. The van der Waals surface area contributed by atoms with E-state index in [1.807, 2.05) is 6.08 Å².